The van der Waals surface area contributed by atoms with Crippen molar-refractivity contribution >= 4 is 28.8 Å². The van der Waals surface area contributed by atoms with E-state index in [4.69, 9.17) is 4.74 Å². The van der Waals surface area contributed by atoms with Gasteiger partial charge in [-0.25, -0.2) is 4.39 Å². The molecule has 11 heteroatoms. The predicted molar refractivity (Wildman–Crippen MR) is 104 cm³/mol. The molecule has 1 saturated heterocycles. The van der Waals surface area contributed by atoms with E-state index < -0.39 is 45.4 Å². The van der Waals surface area contributed by atoms with Gasteiger partial charge < -0.3 is 10.1 Å². The van der Waals surface area contributed by atoms with Gasteiger partial charge in [0, 0.05) is 12.1 Å². The Morgan fingerprint density at radius 2 is 1.94 bits per heavy atom. The molecule has 0 aliphatic carbocycles. The molecule has 0 radical (unpaired) electrons. The van der Waals surface area contributed by atoms with E-state index in [-0.39, 0.29) is 19.0 Å². The van der Waals surface area contributed by atoms with Crippen molar-refractivity contribution in [3.05, 3.63) is 64.5 Å². The Balaban J connectivity index is 1.72. The molecule has 1 unspecified atom stereocenters. The van der Waals surface area contributed by atoms with Crippen molar-refractivity contribution in [2.45, 2.75) is 24.4 Å². The summed E-state index contributed by atoms with van der Waals surface area (Å²) < 4.78 is 57.2. The maximum Gasteiger partial charge on any atom is 0.416 e. The Morgan fingerprint density at radius 3 is 2.52 bits per heavy atom. The fourth-order valence-electron chi connectivity index (χ4n) is 2.99. The first kappa shape index (κ1) is 22.6. The largest absolute Gasteiger partial charge is 0.496 e. The topological polar surface area (TPSA) is 84.5 Å². The smallest absolute Gasteiger partial charge is 0.416 e. The lowest BCUT2D eigenvalue weighted by atomic mass is 10.0. The van der Waals surface area contributed by atoms with Crippen LogP contribution in [-0.4, -0.2) is 29.4 Å². The van der Waals surface area contributed by atoms with Gasteiger partial charge in [0.1, 0.15) is 11.6 Å². The number of thioether (sulfide) groups is 1. The van der Waals surface area contributed by atoms with E-state index >= 15 is 0 Å². The van der Waals surface area contributed by atoms with Gasteiger partial charge in [-0.05, 0) is 36.2 Å². The van der Waals surface area contributed by atoms with E-state index in [1.54, 1.807) is 18.2 Å². The number of imide groups is 1. The van der Waals surface area contributed by atoms with Crippen molar-refractivity contribution in [3.8, 4) is 5.75 Å². The first-order valence-electron chi connectivity index (χ1n) is 8.90. The van der Waals surface area contributed by atoms with Crippen LogP contribution in [0.2, 0.25) is 0 Å². The van der Waals surface area contributed by atoms with Gasteiger partial charge in [0.25, 0.3) is 11.1 Å². The standard InChI is InChI=1S/C20H16F4N2O4S/c1-30-15-5-2-10(7-16-18(28)26-19(29)31-16)6-11(15)9-25-17(27)13-4-3-12(8-14(13)21)20(22,23)24/h2-6,8,16H,7,9H2,1H3,(H,25,27)(H,26,28,29). The summed E-state index contributed by atoms with van der Waals surface area (Å²) in [6, 6.07) is 6.66. The number of hydrogen-bond acceptors (Lipinski definition) is 5. The van der Waals surface area contributed by atoms with E-state index in [9.17, 15) is 31.9 Å². The molecule has 0 bridgehead atoms. The summed E-state index contributed by atoms with van der Waals surface area (Å²) in [5.74, 6) is -2.16. The normalized spacial score (nSPS) is 16.2. The predicted octanol–water partition coefficient (Wildman–Crippen LogP) is 3.68. The number of nitrogens with one attached hydrogen (secondary N) is 2. The average Bonchev–Trinajstić information content (AvgIpc) is 3.02. The fourth-order valence-corrected chi connectivity index (χ4v) is 3.84. The van der Waals surface area contributed by atoms with Crippen LogP contribution in [0.3, 0.4) is 0 Å². The average molecular weight is 456 g/mol. The molecular formula is C20H16F4N2O4S. The van der Waals surface area contributed by atoms with Gasteiger partial charge in [0.05, 0.1) is 23.5 Å². The van der Waals surface area contributed by atoms with Crippen molar-refractivity contribution in [1.82, 2.24) is 10.6 Å². The molecule has 0 spiro atoms. The van der Waals surface area contributed by atoms with E-state index in [2.05, 4.69) is 10.6 Å². The third kappa shape index (κ3) is 5.35. The Morgan fingerprint density at radius 1 is 1.19 bits per heavy atom. The molecule has 164 valence electrons. The zero-order chi connectivity index (χ0) is 22.8. The van der Waals surface area contributed by atoms with Gasteiger partial charge >= 0.3 is 6.18 Å². The minimum Gasteiger partial charge on any atom is -0.496 e. The van der Waals surface area contributed by atoms with Crippen LogP contribution in [0.5, 0.6) is 5.75 Å². The molecule has 6 nitrogen and oxygen atoms in total. The summed E-state index contributed by atoms with van der Waals surface area (Å²) in [4.78, 5) is 35.3. The number of rotatable bonds is 6. The fraction of sp³-hybridized carbons (Fsp3) is 0.250. The summed E-state index contributed by atoms with van der Waals surface area (Å²) in [6.07, 6.45) is -4.45. The number of methoxy groups -OCH3 is 1. The van der Waals surface area contributed by atoms with E-state index in [0.717, 1.165) is 17.8 Å². The second-order valence-corrected chi connectivity index (χ2v) is 7.78. The number of halogens is 4. The van der Waals surface area contributed by atoms with Crippen molar-refractivity contribution < 1.29 is 36.7 Å². The SMILES string of the molecule is COc1ccc(CC2SC(=O)NC2=O)cc1CNC(=O)c1ccc(C(F)(F)F)cc1F. The van der Waals surface area contributed by atoms with Crippen LogP contribution >= 0.6 is 11.8 Å². The summed E-state index contributed by atoms with van der Waals surface area (Å²) in [7, 11) is 1.41. The van der Waals surface area contributed by atoms with Crippen LogP contribution in [0.1, 0.15) is 27.0 Å². The summed E-state index contributed by atoms with van der Waals surface area (Å²) in [5.41, 5.74) is -0.507. The number of carbonyl (C=O) groups excluding carboxylic acids is 3. The zero-order valence-corrected chi connectivity index (χ0v) is 16.8. The van der Waals surface area contributed by atoms with Crippen LogP contribution in [-0.2, 0) is 23.9 Å². The minimum atomic E-state index is -4.72. The van der Waals surface area contributed by atoms with Crippen LogP contribution < -0.4 is 15.4 Å². The van der Waals surface area contributed by atoms with Crippen LogP contribution in [0.4, 0.5) is 22.4 Å². The first-order valence-corrected chi connectivity index (χ1v) is 9.78. The number of alkyl halides is 3. The lowest BCUT2D eigenvalue weighted by Gasteiger charge is -2.14. The highest BCUT2D eigenvalue weighted by atomic mass is 32.2. The summed E-state index contributed by atoms with van der Waals surface area (Å²) in [5, 5.41) is 3.64. The van der Waals surface area contributed by atoms with E-state index in [0.29, 0.717) is 22.9 Å². The minimum absolute atomic E-state index is 0.0980. The number of amides is 3. The highest BCUT2D eigenvalue weighted by molar-refractivity contribution is 8.15. The van der Waals surface area contributed by atoms with Crippen molar-refractivity contribution in [2.24, 2.45) is 0 Å². The number of ether oxygens (including phenoxy) is 1. The second kappa shape index (κ2) is 8.96. The van der Waals surface area contributed by atoms with E-state index in [1.807, 2.05) is 0 Å². The first-order chi connectivity index (χ1) is 14.6. The van der Waals surface area contributed by atoms with Gasteiger partial charge in [0.2, 0.25) is 5.91 Å². The molecule has 2 aromatic rings. The number of hydrogen-bond donors (Lipinski definition) is 2. The zero-order valence-electron chi connectivity index (χ0n) is 16.0. The van der Waals surface area contributed by atoms with Gasteiger partial charge in [-0.2, -0.15) is 13.2 Å². The van der Waals surface area contributed by atoms with Gasteiger partial charge in [0.15, 0.2) is 0 Å². The Bertz CT molecular complexity index is 1040. The molecule has 2 aromatic carbocycles. The molecule has 1 heterocycles. The third-order valence-corrected chi connectivity index (χ3v) is 5.49. The molecule has 1 aliphatic heterocycles. The van der Waals surface area contributed by atoms with Crippen molar-refractivity contribution in [1.29, 1.82) is 0 Å². The van der Waals surface area contributed by atoms with E-state index in [1.165, 1.54) is 7.11 Å². The second-order valence-electron chi connectivity index (χ2n) is 6.61. The lowest BCUT2D eigenvalue weighted by Crippen LogP contribution is -2.26. The number of carbonyl (C=O) groups is 3. The Hall–Kier alpha value is -3.08. The molecule has 0 saturated carbocycles. The maximum atomic E-state index is 14.0. The molecule has 3 rings (SSSR count). The molecule has 0 aromatic heterocycles. The van der Waals surface area contributed by atoms with Crippen LogP contribution in [0.25, 0.3) is 0 Å². The highest BCUT2D eigenvalue weighted by Gasteiger charge is 2.32. The third-order valence-electron chi connectivity index (χ3n) is 4.51. The Labute approximate surface area is 178 Å². The van der Waals surface area contributed by atoms with Crippen LogP contribution in [0.15, 0.2) is 36.4 Å². The molecule has 1 fully saturated rings. The van der Waals surface area contributed by atoms with Crippen molar-refractivity contribution in [2.75, 3.05) is 7.11 Å². The molecule has 3 amide bonds. The molecule has 2 N–H and O–H groups in total. The maximum absolute atomic E-state index is 14.0. The number of benzene rings is 2. The monoisotopic (exact) mass is 456 g/mol. The van der Waals surface area contributed by atoms with Crippen LogP contribution in [0, 0.1) is 5.82 Å². The molecule has 31 heavy (non-hydrogen) atoms. The molecule has 1 aliphatic rings. The molecule has 1 atom stereocenters. The van der Waals surface area contributed by atoms with Gasteiger partial charge in [-0.15, -0.1) is 0 Å². The van der Waals surface area contributed by atoms with Crippen molar-refractivity contribution in [3.63, 3.8) is 0 Å². The molecular weight excluding hydrogens is 440 g/mol. The highest BCUT2D eigenvalue weighted by Crippen LogP contribution is 2.30. The quantitative estimate of drug-likeness (QED) is 0.648. The van der Waals surface area contributed by atoms with Gasteiger partial charge in [-0.3, -0.25) is 19.7 Å². The summed E-state index contributed by atoms with van der Waals surface area (Å²) >= 11 is 0.882. The Kier molecular flexibility index (Phi) is 6.54. The summed E-state index contributed by atoms with van der Waals surface area (Å²) in [6.45, 7) is -0.0980. The lowest BCUT2D eigenvalue weighted by molar-refractivity contribution is -0.137. The van der Waals surface area contributed by atoms with Gasteiger partial charge in [-0.1, -0.05) is 23.9 Å².